The maximum atomic E-state index is 13.9. The third-order valence-corrected chi connectivity index (χ3v) is 5.83. The SMILES string of the molecule is NS(=O)(=O)c1ccc(CCNC(=O)C(=O)N2CCN(c3ccccc3F)CC2)cc1. The molecule has 10 heteroatoms. The minimum absolute atomic E-state index is 0.0139. The van der Waals surface area contributed by atoms with Crippen LogP contribution in [0.3, 0.4) is 0 Å². The summed E-state index contributed by atoms with van der Waals surface area (Å²) in [5.74, 6) is -1.63. The first kappa shape index (κ1) is 21.7. The average molecular weight is 434 g/mol. The molecular formula is C20H23FN4O4S. The van der Waals surface area contributed by atoms with Crippen LogP contribution in [0.5, 0.6) is 0 Å². The Balaban J connectivity index is 1.45. The fraction of sp³-hybridized carbons (Fsp3) is 0.300. The van der Waals surface area contributed by atoms with Gasteiger partial charge in [-0.25, -0.2) is 17.9 Å². The first-order valence-corrected chi connectivity index (χ1v) is 11.0. The van der Waals surface area contributed by atoms with Crippen molar-refractivity contribution in [3.05, 3.63) is 59.9 Å². The van der Waals surface area contributed by atoms with E-state index in [0.717, 1.165) is 5.56 Å². The van der Waals surface area contributed by atoms with Gasteiger partial charge >= 0.3 is 11.8 Å². The number of amides is 2. The van der Waals surface area contributed by atoms with E-state index in [0.29, 0.717) is 38.3 Å². The van der Waals surface area contributed by atoms with Gasteiger partial charge in [-0.15, -0.1) is 0 Å². The van der Waals surface area contributed by atoms with E-state index in [9.17, 15) is 22.4 Å². The highest BCUT2D eigenvalue weighted by Crippen LogP contribution is 2.20. The molecule has 2 aromatic rings. The van der Waals surface area contributed by atoms with Crippen LogP contribution in [0.1, 0.15) is 5.56 Å². The number of rotatable bonds is 5. The molecule has 3 rings (SSSR count). The lowest BCUT2D eigenvalue weighted by atomic mass is 10.1. The predicted octanol–water partition coefficient (Wildman–Crippen LogP) is 0.481. The molecule has 1 aliphatic heterocycles. The summed E-state index contributed by atoms with van der Waals surface area (Å²) in [5, 5.41) is 7.63. The highest BCUT2D eigenvalue weighted by Gasteiger charge is 2.26. The van der Waals surface area contributed by atoms with Gasteiger partial charge in [-0.3, -0.25) is 9.59 Å². The molecule has 0 bridgehead atoms. The monoisotopic (exact) mass is 434 g/mol. The van der Waals surface area contributed by atoms with Crippen LogP contribution in [0.2, 0.25) is 0 Å². The van der Waals surface area contributed by atoms with Crippen molar-refractivity contribution in [1.82, 2.24) is 10.2 Å². The summed E-state index contributed by atoms with van der Waals surface area (Å²) < 4.78 is 36.4. The summed E-state index contributed by atoms with van der Waals surface area (Å²) in [7, 11) is -3.75. The average Bonchev–Trinajstić information content (AvgIpc) is 2.73. The van der Waals surface area contributed by atoms with Crippen LogP contribution in [0, 0.1) is 5.82 Å². The zero-order valence-corrected chi connectivity index (χ0v) is 17.1. The van der Waals surface area contributed by atoms with Crippen LogP contribution in [0.4, 0.5) is 10.1 Å². The number of hydrogen-bond donors (Lipinski definition) is 2. The van der Waals surface area contributed by atoms with E-state index in [1.54, 1.807) is 30.3 Å². The summed E-state index contributed by atoms with van der Waals surface area (Å²) in [6.45, 7) is 1.77. The van der Waals surface area contributed by atoms with Crippen molar-refractivity contribution < 1.29 is 22.4 Å². The number of primary sulfonamides is 1. The van der Waals surface area contributed by atoms with Gasteiger partial charge < -0.3 is 15.1 Å². The molecule has 2 aromatic carbocycles. The summed E-state index contributed by atoms with van der Waals surface area (Å²) in [4.78, 5) is 27.8. The number of piperazine rings is 1. The molecule has 1 fully saturated rings. The van der Waals surface area contributed by atoms with Gasteiger partial charge in [-0.1, -0.05) is 24.3 Å². The van der Waals surface area contributed by atoms with E-state index in [2.05, 4.69) is 5.32 Å². The number of halogens is 1. The standard InChI is InChI=1S/C20H23FN4O4S/c21-17-3-1-2-4-18(17)24-11-13-25(14-12-24)20(27)19(26)23-10-9-15-5-7-16(8-6-15)30(22,28)29/h1-8H,9-14H2,(H,23,26)(H2,22,28,29). The second-order valence-corrected chi connectivity index (χ2v) is 8.49. The minimum atomic E-state index is -3.75. The normalized spacial score (nSPS) is 14.5. The second kappa shape index (κ2) is 9.23. The first-order valence-electron chi connectivity index (χ1n) is 9.44. The zero-order chi connectivity index (χ0) is 21.7. The maximum Gasteiger partial charge on any atom is 0.312 e. The Hall–Kier alpha value is -2.98. The molecule has 0 aliphatic carbocycles. The number of sulfonamides is 1. The van der Waals surface area contributed by atoms with Crippen LogP contribution in [-0.4, -0.2) is 57.9 Å². The lowest BCUT2D eigenvalue weighted by molar-refractivity contribution is -0.146. The molecule has 8 nitrogen and oxygen atoms in total. The molecule has 0 unspecified atom stereocenters. The van der Waals surface area contributed by atoms with E-state index in [4.69, 9.17) is 5.14 Å². The van der Waals surface area contributed by atoms with Crippen LogP contribution >= 0.6 is 0 Å². The predicted molar refractivity (Wildman–Crippen MR) is 110 cm³/mol. The van der Waals surface area contributed by atoms with Gasteiger partial charge in [0, 0.05) is 32.7 Å². The van der Waals surface area contributed by atoms with E-state index in [1.165, 1.54) is 23.1 Å². The number of nitrogens with two attached hydrogens (primary N) is 1. The van der Waals surface area contributed by atoms with Crippen molar-refractivity contribution in [2.24, 2.45) is 5.14 Å². The topological polar surface area (TPSA) is 113 Å². The fourth-order valence-electron chi connectivity index (χ4n) is 3.24. The maximum absolute atomic E-state index is 13.9. The van der Waals surface area contributed by atoms with Crippen molar-refractivity contribution in [2.75, 3.05) is 37.6 Å². The van der Waals surface area contributed by atoms with Crippen molar-refractivity contribution in [3.8, 4) is 0 Å². The van der Waals surface area contributed by atoms with Crippen LogP contribution in [-0.2, 0) is 26.0 Å². The number of anilines is 1. The van der Waals surface area contributed by atoms with Crippen LogP contribution in [0.15, 0.2) is 53.4 Å². The summed E-state index contributed by atoms with van der Waals surface area (Å²) in [6.07, 6.45) is 0.435. The van der Waals surface area contributed by atoms with E-state index < -0.39 is 21.8 Å². The van der Waals surface area contributed by atoms with Gasteiger partial charge in [0.15, 0.2) is 0 Å². The number of carbonyl (C=O) groups is 2. The third-order valence-electron chi connectivity index (χ3n) is 4.91. The molecule has 1 heterocycles. The van der Waals surface area contributed by atoms with Crippen molar-refractivity contribution >= 4 is 27.5 Å². The number of nitrogens with zero attached hydrogens (tertiary/aromatic N) is 2. The van der Waals surface area contributed by atoms with Crippen LogP contribution < -0.4 is 15.4 Å². The van der Waals surface area contributed by atoms with Gasteiger partial charge in [0.05, 0.1) is 10.6 Å². The molecule has 0 aromatic heterocycles. The Bertz CT molecular complexity index is 1020. The molecule has 1 aliphatic rings. The molecule has 160 valence electrons. The number of carbonyl (C=O) groups excluding carboxylic acids is 2. The highest BCUT2D eigenvalue weighted by molar-refractivity contribution is 7.89. The van der Waals surface area contributed by atoms with Gasteiger partial charge in [0.2, 0.25) is 10.0 Å². The highest BCUT2D eigenvalue weighted by atomic mass is 32.2. The Morgan fingerprint density at radius 2 is 1.63 bits per heavy atom. The molecule has 2 amide bonds. The van der Waals surface area contributed by atoms with Crippen LogP contribution in [0.25, 0.3) is 0 Å². The molecule has 1 saturated heterocycles. The second-order valence-electron chi connectivity index (χ2n) is 6.93. The van der Waals surface area contributed by atoms with Crippen molar-refractivity contribution in [3.63, 3.8) is 0 Å². The summed E-state index contributed by atoms with van der Waals surface area (Å²) >= 11 is 0. The number of para-hydroxylation sites is 1. The lowest BCUT2D eigenvalue weighted by Crippen LogP contribution is -2.53. The number of hydrogen-bond acceptors (Lipinski definition) is 5. The Kier molecular flexibility index (Phi) is 6.68. The minimum Gasteiger partial charge on any atom is -0.366 e. The van der Waals surface area contributed by atoms with E-state index in [-0.39, 0.29) is 17.3 Å². The summed E-state index contributed by atoms with van der Waals surface area (Å²) in [6, 6.07) is 12.5. The summed E-state index contributed by atoms with van der Waals surface area (Å²) in [5.41, 5.74) is 1.29. The zero-order valence-electron chi connectivity index (χ0n) is 16.3. The lowest BCUT2D eigenvalue weighted by Gasteiger charge is -2.35. The molecule has 3 N–H and O–H groups in total. The molecule has 0 atom stereocenters. The molecule has 30 heavy (non-hydrogen) atoms. The number of benzene rings is 2. The Morgan fingerprint density at radius 1 is 1.00 bits per heavy atom. The fourth-order valence-corrected chi connectivity index (χ4v) is 3.76. The van der Waals surface area contributed by atoms with Crippen molar-refractivity contribution in [2.45, 2.75) is 11.3 Å². The molecule has 0 spiro atoms. The quantitative estimate of drug-likeness (QED) is 0.665. The Morgan fingerprint density at radius 3 is 2.23 bits per heavy atom. The Labute approximate surface area is 174 Å². The number of nitrogens with one attached hydrogen (secondary N) is 1. The van der Waals surface area contributed by atoms with E-state index in [1.807, 2.05) is 4.90 Å². The van der Waals surface area contributed by atoms with E-state index >= 15 is 0 Å². The third kappa shape index (κ3) is 5.33. The van der Waals surface area contributed by atoms with Gasteiger partial charge in [0.1, 0.15) is 5.82 Å². The molecule has 0 saturated carbocycles. The molecular weight excluding hydrogens is 411 g/mol. The smallest absolute Gasteiger partial charge is 0.312 e. The van der Waals surface area contributed by atoms with Crippen molar-refractivity contribution in [1.29, 1.82) is 0 Å². The largest absolute Gasteiger partial charge is 0.366 e. The van der Waals surface area contributed by atoms with Gasteiger partial charge in [-0.05, 0) is 36.2 Å². The van der Waals surface area contributed by atoms with Gasteiger partial charge in [-0.2, -0.15) is 0 Å². The molecule has 0 radical (unpaired) electrons. The van der Waals surface area contributed by atoms with Gasteiger partial charge in [0.25, 0.3) is 0 Å². The first-order chi connectivity index (χ1) is 14.3.